The zero-order chi connectivity index (χ0) is 12.8. The molecule has 90 valence electrons. The van der Waals surface area contributed by atoms with E-state index in [4.69, 9.17) is 5.26 Å². The summed E-state index contributed by atoms with van der Waals surface area (Å²) in [6.07, 6.45) is 0.713. The van der Waals surface area contributed by atoms with Gasteiger partial charge < -0.3 is 0 Å². The monoisotopic (exact) mass is 233 g/mol. The summed E-state index contributed by atoms with van der Waals surface area (Å²) >= 11 is 0. The molecule has 0 aliphatic rings. The molecule has 0 aliphatic heterocycles. The van der Waals surface area contributed by atoms with Crippen molar-refractivity contribution in [1.82, 2.24) is 5.32 Å². The molecule has 0 bridgehead atoms. The van der Waals surface area contributed by atoms with Gasteiger partial charge in [0.15, 0.2) is 0 Å². The number of rotatable bonds is 5. The van der Waals surface area contributed by atoms with Crippen LogP contribution in [0.15, 0.2) is 18.2 Å². The van der Waals surface area contributed by atoms with E-state index in [1.54, 1.807) is 13.0 Å². The number of nitro groups is 1. The number of nitro benzene ring substituents is 1. The average molecular weight is 233 g/mol. The Balaban J connectivity index is 2.82. The van der Waals surface area contributed by atoms with Crippen LogP contribution in [0, 0.1) is 28.4 Å². The van der Waals surface area contributed by atoms with E-state index in [1.165, 1.54) is 6.07 Å². The molecule has 0 saturated heterocycles. The van der Waals surface area contributed by atoms with Crippen molar-refractivity contribution >= 4 is 5.69 Å². The van der Waals surface area contributed by atoms with Crippen LogP contribution in [-0.2, 0) is 6.54 Å². The van der Waals surface area contributed by atoms with E-state index in [1.807, 2.05) is 13.0 Å². The molecular weight excluding hydrogens is 218 g/mol. The van der Waals surface area contributed by atoms with Crippen molar-refractivity contribution in [3.63, 3.8) is 0 Å². The summed E-state index contributed by atoms with van der Waals surface area (Å²) in [5, 5.41) is 22.6. The molecule has 0 heterocycles. The minimum absolute atomic E-state index is 0.120. The molecular formula is C12H15N3O2. The fraction of sp³-hybridized carbons (Fsp3) is 0.417. The maximum Gasteiger partial charge on any atom is 0.272 e. The van der Waals surface area contributed by atoms with Crippen LogP contribution in [0.4, 0.5) is 5.69 Å². The summed E-state index contributed by atoms with van der Waals surface area (Å²) in [6.45, 7) is 4.11. The first-order valence-corrected chi connectivity index (χ1v) is 5.46. The first kappa shape index (κ1) is 13.1. The lowest BCUT2D eigenvalue weighted by Gasteiger charge is -2.10. The van der Waals surface area contributed by atoms with Crippen molar-refractivity contribution in [2.75, 3.05) is 0 Å². The highest BCUT2D eigenvalue weighted by molar-refractivity contribution is 5.44. The number of hydrogen-bond donors (Lipinski definition) is 1. The first-order chi connectivity index (χ1) is 8.10. The lowest BCUT2D eigenvalue weighted by Crippen LogP contribution is -2.26. The van der Waals surface area contributed by atoms with Crippen molar-refractivity contribution in [3.05, 3.63) is 39.4 Å². The summed E-state index contributed by atoms with van der Waals surface area (Å²) in [4.78, 5) is 10.4. The molecule has 0 amide bonds. The Morgan fingerprint density at radius 3 is 2.82 bits per heavy atom. The third kappa shape index (κ3) is 3.26. The molecule has 1 rings (SSSR count). The number of nitrogens with one attached hydrogen (secondary N) is 1. The van der Waals surface area contributed by atoms with E-state index in [0.717, 1.165) is 5.56 Å². The summed E-state index contributed by atoms with van der Waals surface area (Å²) < 4.78 is 0. The van der Waals surface area contributed by atoms with Gasteiger partial charge in [0.25, 0.3) is 5.69 Å². The van der Waals surface area contributed by atoms with Crippen LogP contribution in [0.25, 0.3) is 0 Å². The van der Waals surface area contributed by atoms with E-state index in [-0.39, 0.29) is 16.7 Å². The van der Waals surface area contributed by atoms with Crippen molar-refractivity contribution in [2.45, 2.75) is 32.9 Å². The zero-order valence-corrected chi connectivity index (χ0v) is 9.93. The maximum atomic E-state index is 10.8. The van der Waals surface area contributed by atoms with Crippen LogP contribution in [-0.4, -0.2) is 11.0 Å². The van der Waals surface area contributed by atoms with E-state index in [9.17, 15) is 10.1 Å². The predicted octanol–water partition coefficient (Wildman–Crippen LogP) is 2.29. The van der Waals surface area contributed by atoms with Gasteiger partial charge in [-0.3, -0.25) is 15.4 Å². The lowest BCUT2D eigenvalue weighted by molar-refractivity contribution is -0.385. The Morgan fingerprint density at radius 2 is 2.29 bits per heavy atom. The average Bonchev–Trinajstić information content (AvgIpc) is 2.32. The minimum atomic E-state index is -0.388. The quantitative estimate of drug-likeness (QED) is 0.625. The molecule has 0 fully saturated rings. The highest BCUT2D eigenvalue weighted by Crippen LogP contribution is 2.20. The standard InChI is InChI=1S/C12H15N3O2/c1-3-11(7-13)14-8-10-5-4-6-12(9(10)2)15(16)17/h4-6,11,14H,3,8H2,1-2H3. The van der Waals surface area contributed by atoms with Crippen molar-refractivity contribution in [1.29, 1.82) is 5.26 Å². The lowest BCUT2D eigenvalue weighted by atomic mass is 10.1. The van der Waals surface area contributed by atoms with E-state index in [0.29, 0.717) is 18.5 Å². The molecule has 0 radical (unpaired) electrons. The second kappa shape index (κ2) is 5.97. The van der Waals surface area contributed by atoms with Gasteiger partial charge >= 0.3 is 0 Å². The number of benzene rings is 1. The summed E-state index contributed by atoms with van der Waals surface area (Å²) in [6, 6.07) is 6.90. The minimum Gasteiger partial charge on any atom is -0.298 e. The maximum absolute atomic E-state index is 10.8. The van der Waals surface area contributed by atoms with Crippen molar-refractivity contribution in [3.8, 4) is 6.07 Å². The van der Waals surface area contributed by atoms with Gasteiger partial charge in [-0.15, -0.1) is 0 Å². The third-order valence-corrected chi connectivity index (χ3v) is 2.72. The van der Waals surface area contributed by atoms with Gasteiger partial charge in [0, 0.05) is 18.2 Å². The van der Waals surface area contributed by atoms with Gasteiger partial charge in [0.1, 0.15) is 0 Å². The molecule has 1 N–H and O–H groups in total. The summed E-state index contributed by atoms with van der Waals surface area (Å²) in [5.41, 5.74) is 1.62. The summed E-state index contributed by atoms with van der Waals surface area (Å²) in [5.74, 6) is 0. The van der Waals surface area contributed by atoms with Gasteiger partial charge in [-0.25, -0.2) is 0 Å². The zero-order valence-electron chi connectivity index (χ0n) is 9.93. The molecule has 17 heavy (non-hydrogen) atoms. The smallest absolute Gasteiger partial charge is 0.272 e. The third-order valence-electron chi connectivity index (χ3n) is 2.72. The highest BCUT2D eigenvalue weighted by atomic mass is 16.6. The van der Waals surface area contributed by atoms with E-state index < -0.39 is 0 Å². The molecule has 0 spiro atoms. The number of hydrogen-bond acceptors (Lipinski definition) is 4. The summed E-state index contributed by atoms with van der Waals surface area (Å²) in [7, 11) is 0. The molecule has 5 heteroatoms. The Morgan fingerprint density at radius 1 is 1.59 bits per heavy atom. The molecule has 0 aromatic heterocycles. The largest absolute Gasteiger partial charge is 0.298 e. The molecule has 5 nitrogen and oxygen atoms in total. The number of nitrogens with zero attached hydrogens (tertiary/aromatic N) is 2. The second-order valence-electron chi connectivity index (χ2n) is 3.79. The molecule has 1 unspecified atom stereocenters. The first-order valence-electron chi connectivity index (χ1n) is 5.46. The molecule has 0 saturated carbocycles. The van der Waals surface area contributed by atoms with Crippen LogP contribution in [0.1, 0.15) is 24.5 Å². The van der Waals surface area contributed by atoms with E-state index >= 15 is 0 Å². The van der Waals surface area contributed by atoms with Crippen LogP contribution in [0.2, 0.25) is 0 Å². The van der Waals surface area contributed by atoms with Crippen LogP contribution >= 0.6 is 0 Å². The van der Waals surface area contributed by atoms with Gasteiger partial charge in [-0.2, -0.15) is 5.26 Å². The molecule has 0 aliphatic carbocycles. The topological polar surface area (TPSA) is 79.0 Å². The van der Waals surface area contributed by atoms with Crippen molar-refractivity contribution in [2.24, 2.45) is 0 Å². The van der Waals surface area contributed by atoms with Crippen LogP contribution < -0.4 is 5.32 Å². The van der Waals surface area contributed by atoms with Gasteiger partial charge in [0.05, 0.1) is 17.0 Å². The van der Waals surface area contributed by atoms with Gasteiger partial charge in [-0.1, -0.05) is 19.1 Å². The Kier molecular flexibility index (Phi) is 4.61. The fourth-order valence-electron chi connectivity index (χ4n) is 1.57. The SMILES string of the molecule is CCC(C#N)NCc1cccc([N+](=O)[O-])c1C. The second-order valence-corrected chi connectivity index (χ2v) is 3.79. The Labute approximate surface area is 100 Å². The van der Waals surface area contributed by atoms with Crippen molar-refractivity contribution < 1.29 is 4.92 Å². The normalized spacial score (nSPS) is 11.8. The Hall–Kier alpha value is -1.93. The highest BCUT2D eigenvalue weighted by Gasteiger charge is 2.13. The van der Waals surface area contributed by atoms with Crippen LogP contribution in [0.3, 0.4) is 0 Å². The fourth-order valence-corrected chi connectivity index (χ4v) is 1.57. The molecule has 1 aromatic carbocycles. The van der Waals surface area contributed by atoms with Gasteiger partial charge in [0.2, 0.25) is 0 Å². The Bertz CT molecular complexity index is 452. The van der Waals surface area contributed by atoms with E-state index in [2.05, 4.69) is 11.4 Å². The van der Waals surface area contributed by atoms with Gasteiger partial charge in [-0.05, 0) is 18.9 Å². The molecule has 1 aromatic rings. The predicted molar refractivity (Wildman–Crippen MR) is 64.4 cm³/mol. The van der Waals surface area contributed by atoms with Crippen LogP contribution in [0.5, 0.6) is 0 Å². The number of nitriles is 1. The molecule has 1 atom stereocenters.